The first kappa shape index (κ1) is 13.8. The van der Waals surface area contributed by atoms with Crippen molar-refractivity contribution in [3.8, 4) is 0 Å². The van der Waals surface area contributed by atoms with Crippen LogP contribution in [0.4, 0.5) is 0 Å². The molecule has 1 atom stereocenters. The molecular formula is C20H21N. The first-order valence-corrected chi connectivity index (χ1v) is 7.76. The number of benzene rings is 1. The smallest absolute Gasteiger partial charge is 0.0742 e. The van der Waals surface area contributed by atoms with Gasteiger partial charge in [0.25, 0.3) is 0 Å². The summed E-state index contributed by atoms with van der Waals surface area (Å²) in [5.41, 5.74) is 2.52. The van der Waals surface area contributed by atoms with Gasteiger partial charge in [0.2, 0.25) is 0 Å². The molecule has 2 aromatic rings. The number of nitrogens with zero attached hydrogens (tertiary/aromatic N) is 1. The van der Waals surface area contributed by atoms with E-state index in [-0.39, 0.29) is 0 Å². The number of hydrogen-bond acceptors (Lipinski definition) is 1. The van der Waals surface area contributed by atoms with Gasteiger partial charge < -0.3 is 0 Å². The fraction of sp³-hybridized carbons (Fsp3) is 0.250. The van der Waals surface area contributed by atoms with Crippen molar-refractivity contribution < 1.29 is 0 Å². The van der Waals surface area contributed by atoms with Gasteiger partial charge in [0.15, 0.2) is 0 Å². The van der Waals surface area contributed by atoms with E-state index in [0.29, 0.717) is 5.92 Å². The third-order valence-electron chi connectivity index (χ3n) is 4.04. The normalized spacial score (nSPS) is 18.3. The Bertz CT molecular complexity index is 701. The second-order valence-electron chi connectivity index (χ2n) is 5.48. The SMILES string of the molecule is CCC=CCC1CC=CC=C1c1nccc2ccccc12. The second-order valence-corrected chi connectivity index (χ2v) is 5.48. The van der Waals surface area contributed by atoms with Gasteiger partial charge in [-0.2, -0.15) is 0 Å². The molecule has 1 heterocycles. The third kappa shape index (κ3) is 2.97. The van der Waals surface area contributed by atoms with Gasteiger partial charge in [-0.05, 0) is 42.2 Å². The van der Waals surface area contributed by atoms with Gasteiger partial charge in [-0.1, -0.05) is 61.6 Å². The first-order chi connectivity index (χ1) is 10.4. The standard InChI is InChI=1S/C20H21N/c1-2-3-4-9-16-10-5-7-12-18(16)20-19-13-8-6-11-17(19)14-15-21-20/h3-8,11-16H,2,9-10H2,1H3. The molecule has 0 fully saturated rings. The van der Waals surface area contributed by atoms with Crippen LogP contribution in [0.25, 0.3) is 16.3 Å². The van der Waals surface area contributed by atoms with Crippen molar-refractivity contribution in [3.05, 3.63) is 72.6 Å². The van der Waals surface area contributed by atoms with E-state index in [1.165, 1.54) is 16.3 Å². The largest absolute Gasteiger partial charge is 0.256 e. The summed E-state index contributed by atoms with van der Waals surface area (Å²) in [6.07, 6.45) is 16.5. The van der Waals surface area contributed by atoms with Gasteiger partial charge in [0.05, 0.1) is 5.69 Å². The van der Waals surface area contributed by atoms with Crippen LogP contribution in [-0.4, -0.2) is 4.98 Å². The molecule has 1 aromatic heterocycles. The summed E-state index contributed by atoms with van der Waals surface area (Å²) in [6, 6.07) is 10.6. The molecule has 0 N–H and O–H groups in total. The Morgan fingerprint density at radius 2 is 2.10 bits per heavy atom. The van der Waals surface area contributed by atoms with E-state index in [9.17, 15) is 0 Å². The van der Waals surface area contributed by atoms with Crippen molar-refractivity contribution in [2.45, 2.75) is 26.2 Å². The number of rotatable bonds is 4. The van der Waals surface area contributed by atoms with E-state index in [0.717, 1.165) is 25.0 Å². The Morgan fingerprint density at radius 3 is 3.00 bits per heavy atom. The van der Waals surface area contributed by atoms with E-state index < -0.39 is 0 Å². The van der Waals surface area contributed by atoms with Gasteiger partial charge in [0.1, 0.15) is 0 Å². The lowest BCUT2D eigenvalue weighted by atomic mass is 9.85. The Kier molecular flexibility index (Phi) is 4.30. The second kappa shape index (κ2) is 6.53. The molecule has 1 heteroatoms. The van der Waals surface area contributed by atoms with Gasteiger partial charge in [-0.15, -0.1) is 0 Å². The minimum atomic E-state index is 0.538. The van der Waals surface area contributed by atoms with Crippen LogP contribution in [0.15, 0.2) is 66.9 Å². The summed E-state index contributed by atoms with van der Waals surface area (Å²) in [4.78, 5) is 4.68. The van der Waals surface area contributed by atoms with E-state index in [1.54, 1.807) is 0 Å². The van der Waals surface area contributed by atoms with Crippen LogP contribution in [0, 0.1) is 5.92 Å². The van der Waals surface area contributed by atoms with Gasteiger partial charge in [-0.25, -0.2) is 0 Å². The average Bonchev–Trinajstić information content (AvgIpc) is 2.55. The minimum absolute atomic E-state index is 0.538. The zero-order valence-electron chi connectivity index (χ0n) is 12.5. The number of allylic oxidation sites excluding steroid dienone is 6. The summed E-state index contributed by atoms with van der Waals surface area (Å²) >= 11 is 0. The van der Waals surface area contributed by atoms with Crippen LogP contribution in [-0.2, 0) is 0 Å². The van der Waals surface area contributed by atoms with E-state index in [4.69, 9.17) is 0 Å². The monoisotopic (exact) mass is 275 g/mol. The van der Waals surface area contributed by atoms with Crippen LogP contribution < -0.4 is 0 Å². The van der Waals surface area contributed by atoms with E-state index in [1.807, 2.05) is 6.20 Å². The Balaban J connectivity index is 2.01. The molecule has 1 nitrogen and oxygen atoms in total. The Labute approximate surface area is 126 Å². The molecule has 106 valence electrons. The molecule has 0 bridgehead atoms. The van der Waals surface area contributed by atoms with Crippen molar-refractivity contribution in [1.82, 2.24) is 4.98 Å². The molecule has 1 aliphatic rings. The summed E-state index contributed by atoms with van der Waals surface area (Å²) in [7, 11) is 0. The van der Waals surface area contributed by atoms with Gasteiger partial charge in [-0.3, -0.25) is 4.98 Å². The maximum Gasteiger partial charge on any atom is 0.0742 e. The maximum atomic E-state index is 4.68. The number of fused-ring (bicyclic) bond motifs is 1. The molecule has 0 saturated carbocycles. The molecule has 0 radical (unpaired) electrons. The zero-order chi connectivity index (χ0) is 14.5. The average molecular weight is 275 g/mol. The molecule has 0 spiro atoms. The lowest BCUT2D eigenvalue weighted by Crippen LogP contribution is -2.06. The molecule has 3 rings (SSSR count). The highest BCUT2D eigenvalue weighted by atomic mass is 14.7. The van der Waals surface area contributed by atoms with Crippen molar-refractivity contribution in [3.63, 3.8) is 0 Å². The van der Waals surface area contributed by atoms with Crippen LogP contribution in [0.5, 0.6) is 0 Å². The molecule has 1 aromatic carbocycles. The number of pyridine rings is 1. The predicted octanol–water partition coefficient (Wildman–Crippen LogP) is 5.55. The molecule has 1 aliphatic carbocycles. The van der Waals surface area contributed by atoms with Crippen LogP contribution in [0.3, 0.4) is 0 Å². The molecule has 0 saturated heterocycles. The summed E-state index contributed by atoms with van der Waals surface area (Å²) in [5.74, 6) is 0.538. The lowest BCUT2D eigenvalue weighted by Gasteiger charge is -2.21. The third-order valence-corrected chi connectivity index (χ3v) is 4.04. The minimum Gasteiger partial charge on any atom is -0.256 e. The maximum absolute atomic E-state index is 4.68. The van der Waals surface area contributed by atoms with Crippen molar-refractivity contribution in [1.29, 1.82) is 0 Å². The number of aromatic nitrogens is 1. The highest BCUT2D eigenvalue weighted by Crippen LogP contribution is 2.34. The van der Waals surface area contributed by atoms with E-state index in [2.05, 4.69) is 72.6 Å². The first-order valence-electron chi connectivity index (χ1n) is 7.76. The van der Waals surface area contributed by atoms with Gasteiger partial charge >= 0.3 is 0 Å². The number of hydrogen-bond donors (Lipinski definition) is 0. The molecular weight excluding hydrogens is 254 g/mol. The molecule has 21 heavy (non-hydrogen) atoms. The summed E-state index contributed by atoms with van der Waals surface area (Å²) in [6.45, 7) is 2.18. The van der Waals surface area contributed by atoms with Crippen molar-refractivity contribution >= 4 is 16.3 Å². The highest BCUT2D eigenvalue weighted by Gasteiger charge is 2.18. The molecule has 0 amide bonds. The Hall–Kier alpha value is -2.15. The van der Waals surface area contributed by atoms with Crippen molar-refractivity contribution in [2.75, 3.05) is 0 Å². The lowest BCUT2D eigenvalue weighted by molar-refractivity contribution is 0.686. The fourth-order valence-corrected chi connectivity index (χ4v) is 2.95. The highest BCUT2D eigenvalue weighted by molar-refractivity contribution is 5.92. The van der Waals surface area contributed by atoms with Crippen LogP contribution in [0.2, 0.25) is 0 Å². The van der Waals surface area contributed by atoms with Crippen LogP contribution in [0.1, 0.15) is 31.9 Å². The van der Waals surface area contributed by atoms with E-state index >= 15 is 0 Å². The predicted molar refractivity (Wildman–Crippen MR) is 91.0 cm³/mol. The fourth-order valence-electron chi connectivity index (χ4n) is 2.95. The summed E-state index contributed by atoms with van der Waals surface area (Å²) in [5, 5.41) is 2.52. The Morgan fingerprint density at radius 1 is 1.19 bits per heavy atom. The molecule has 1 unspecified atom stereocenters. The van der Waals surface area contributed by atoms with Crippen LogP contribution >= 0.6 is 0 Å². The summed E-state index contributed by atoms with van der Waals surface area (Å²) < 4.78 is 0. The quantitative estimate of drug-likeness (QED) is 0.666. The van der Waals surface area contributed by atoms with Gasteiger partial charge in [0, 0.05) is 11.6 Å². The molecule has 0 aliphatic heterocycles. The zero-order valence-corrected chi connectivity index (χ0v) is 12.5. The topological polar surface area (TPSA) is 12.9 Å². The van der Waals surface area contributed by atoms with Crippen molar-refractivity contribution in [2.24, 2.45) is 5.92 Å².